The van der Waals surface area contributed by atoms with E-state index in [1.165, 1.54) is 22.3 Å². The summed E-state index contributed by atoms with van der Waals surface area (Å²) in [5.41, 5.74) is 15.5. The van der Waals surface area contributed by atoms with E-state index < -0.39 is 0 Å². The molecule has 0 spiro atoms. The molecule has 4 heterocycles. The summed E-state index contributed by atoms with van der Waals surface area (Å²) in [7, 11) is 0. The van der Waals surface area contributed by atoms with Gasteiger partial charge in [-0.2, -0.15) is 0 Å². The number of nitrogens with zero attached hydrogens (tertiary/aromatic N) is 3. The summed E-state index contributed by atoms with van der Waals surface area (Å²) in [5, 5.41) is 6.91. The van der Waals surface area contributed by atoms with Gasteiger partial charge in [0.25, 0.3) is 0 Å². The molecule has 0 unspecified atom stereocenters. The molecule has 6 aromatic carbocycles. The van der Waals surface area contributed by atoms with Crippen molar-refractivity contribution in [3.05, 3.63) is 187 Å². The summed E-state index contributed by atoms with van der Waals surface area (Å²) >= 11 is 0. The largest absolute Gasteiger partial charge is 0.380 e. The van der Waals surface area contributed by atoms with Crippen LogP contribution in [0.15, 0.2) is 170 Å². The highest BCUT2D eigenvalue weighted by molar-refractivity contribution is 6.12. The summed E-state index contributed by atoms with van der Waals surface area (Å²) in [4.78, 5) is 16.0. The Kier molecular flexibility index (Phi) is 7.17. The van der Waals surface area contributed by atoms with Crippen molar-refractivity contribution in [1.82, 2.24) is 20.3 Å². The SMILES string of the molecule is C1=C(c2cc(-c3ccc(-c4ccccc4)cc3)nc3c2ccc2c(-c4ccc5ccccc5n4)cc(-c4ccccc4)nc23)NCc2ccccc21. The maximum absolute atomic E-state index is 5.46. The van der Waals surface area contributed by atoms with Gasteiger partial charge in [0.1, 0.15) is 0 Å². The van der Waals surface area contributed by atoms with Gasteiger partial charge in [-0.05, 0) is 52.6 Å². The van der Waals surface area contributed by atoms with E-state index in [1.54, 1.807) is 0 Å². The maximum atomic E-state index is 5.46. The molecule has 0 fully saturated rings. The predicted octanol–water partition coefficient (Wildman–Crippen LogP) is 11.6. The molecule has 0 bridgehead atoms. The minimum atomic E-state index is 0.759. The maximum Gasteiger partial charge on any atom is 0.0979 e. The van der Waals surface area contributed by atoms with Crippen molar-refractivity contribution >= 4 is 44.5 Å². The molecule has 0 saturated heterocycles. The average molecular weight is 665 g/mol. The molecule has 0 amide bonds. The van der Waals surface area contributed by atoms with Crippen LogP contribution in [0.4, 0.5) is 0 Å². The first-order chi connectivity index (χ1) is 25.7. The minimum absolute atomic E-state index is 0.759. The van der Waals surface area contributed by atoms with Gasteiger partial charge in [0.15, 0.2) is 0 Å². The Morgan fingerprint density at radius 1 is 0.423 bits per heavy atom. The van der Waals surface area contributed by atoms with E-state index in [4.69, 9.17) is 15.0 Å². The zero-order valence-corrected chi connectivity index (χ0v) is 28.3. The molecular weight excluding hydrogens is 633 g/mol. The van der Waals surface area contributed by atoms with Gasteiger partial charge in [0.05, 0.1) is 33.6 Å². The summed E-state index contributed by atoms with van der Waals surface area (Å²) < 4.78 is 0. The van der Waals surface area contributed by atoms with Gasteiger partial charge < -0.3 is 5.32 Å². The van der Waals surface area contributed by atoms with Gasteiger partial charge in [-0.3, -0.25) is 0 Å². The van der Waals surface area contributed by atoms with E-state index in [1.807, 2.05) is 18.2 Å². The van der Waals surface area contributed by atoms with Crippen molar-refractivity contribution < 1.29 is 0 Å². The van der Waals surface area contributed by atoms with Crippen LogP contribution in [0.1, 0.15) is 16.7 Å². The van der Waals surface area contributed by atoms with Gasteiger partial charge in [0.2, 0.25) is 0 Å². The molecule has 9 aromatic rings. The normalized spacial score (nSPS) is 12.4. The molecule has 1 aliphatic rings. The number of nitrogens with one attached hydrogen (secondary N) is 1. The Labute approximate surface area is 301 Å². The molecule has 3 aromatic heterocycles. The lowest BCUT2D eigenvalue weighted by molar-refractivity contribution is 0.880. The van der Waals surface area contributed by atoms with Gasteiger partial charge in [-0.15, -0.1) is 0 Å². The van der Waals surface area contributed by atoms with Crippen molar-refractivity contribution in [3.63, 3.8) is 0 Å². The molecule has 4 heteroatoms. The van der Waals surface area contributed by atoms with Gasteiger partial charge in [-0.25, -0.2) is 15.0 Å². The van der Waals surface area contributed by atoms with Crippen molar-refractivity contribution in [2.75, 3.05) is 0 Å². The fourth-order valence-corrected chi connectivity index (χ4v) is 7.40. The molecule has 0 radical (unpaired) electrons. The third-order valence-corrected chi connectivity index (χ3v) is 10.1. The van der Waals surface area contributed by atoms with Crippen LogP contribution in [0, 0.1) is 0 Å². The number of pyridine rings is 3. The zero-order chi connectivity index (χ0) is 34.4. The second-order valence-corrected chi connectivity index (χ2v) is 13.3. The van der Waals surface area contributed by atoms with Crippen LogP contribution in [0.3, 0.4) is 0 Å². The van der Waals surface area contributed by atoms with E-state index in [9.17, 15) is 0 Å². The zero-order valence-electron chi connectivity index (χ0n) is 28.3. The number of aromatic nitrogens is 3. The third-order valence-electron chi connectivity index (χ3n) is 10.1. The molecule has 52 heavy (non-hydrogen) atoms. The highest BCUT2D eigenvalue weighted by Gasteiger charge is 2.20. The lowest BCUT2D eigenvalue weighted by Gasteiger charge is -2.21. The molecule has 0 atom stereocenters. The topological polar surface area (TPSA) is 50.7 Å². The van der Waals surface area contributed by atoms with Crippen LogP contribution in [-0.2, 0) is 6.54 Å². The molecule has 1 N–H and O–H groups in total. The Morgan fingerprint density at radius 3 is 1.77 bits per heavy atom. The van der Waals surface area contributed by atoms with Gasteiger partial charge in [-0.1, -0.05) is 146 Å². The van der Waals surface area contributed by atoms with E-state index in [0.717, 1.165) is 84.3 Å². The first-order valence-corrected chi connectivity index (χ1v) is 17.6. The third kappa shape index (κ3) is 5.29. The number of hydrogen-bond acceptors (Lipinski definition) is 4. The molecule has 0 saturated carbocycles. The summed E-state index contributed by atoms with van der Waals surface area (Å²) in [6, 6.07) is 59.5. The van der Waals surface area contributed by atoms with E-state index in [-0.39, 0.29) is 0 Å². The van der Waals surface area contributed by atoms with Crippen molar-refractivity contribution in [2.24, 2.45) is 0 Å². The molecular formula is C48H32N4. The number of rotatable bonds is 5. The molecule has 1 aliphatic heterocycles. The monoisotopic (exact) mass is 664 g/mol. The predicted molar refractivity (Wildman–Crippen MR) is 215 cm³/mol. The summed E-state index contributed by atoms with van der Waals surface area (Å²) in [6.07, 6.45) is 2.26. The Balaban J connectivity index is 1.25. The second-order valence-electron chi connectivity index (χ2n) is 13.3. The fourth-order valence-electron chi connectivity index (χ4n) is 7.40. The molecule has 244 valence electrons. The lowest BCUT2D eigenvalue weighted by atomic mass is 9.94. The van der Waals surface area contributed by atoms with Crippen LogP contribution >= 0.6 is 0 Å². The summed E-state index contributed by atoms with van der Waals surface area (Å²) in [5.74, 6) is 0. The van der Waals surface area contributed by atoms with Crippen molar-refractivity contribution in [1.29, 1.82) is 0 Å². The van der Waals surface area contributed by atoms with Crippen LogP contribution in [0.2, 0.25) is 0 Å². The van der Waals surface area contributed by atoms with E-state index >= 15 is 0 Å². The van der Waals surface area contributed by atoms with Crippen LogP contribution in [0.25, 0.3) is 89.4 Å². The Bertz CT molecular complexity index is 2820. The minimum Gasteiger partial charge on any atom is -0.380 e. The summed E-state index contributed by atoms with van der Waals surface area (Å²) in [6.45, 7) is 0.759. The van der Waals surface area contributed by atoms with E-state index in [2.05, 4.69) is 163 Å². The van der Waals surface area contributed by atoms with Crippen molar-refractivity contribution in [3.8, 4) is 44.9 Å². The smallest absolute Gasteiger partial charge is 0.0979 e. The quantitative estimate of drug-likeness (QED) is 0.186. The van der Waals surface area contributed by atoms with Crippen LogP contribution in [-0.4, -0.2) is 15.0 Å². The number of hydrogen-bond donors (Lipinski definition) is 1. The lowest BCUT2D eigenvalue weighted by Crippen LogP contribution is -2.17. The first-order valence-electron chi connectivity index (χ1n) is 17.6. The first kappa shape index (κ1) is 30.0. The fraction of sp³-hybridized carbons (Fsp3) is 0.0208. The Hall–Kier alpha value is -6.91. The van der Waals surface area contributed by atoms with Crippen LogP contribution < -0.4 is 5.32 Å². The standard InChI is InChI=1S/C48H32N4/c1-3-11-31(12-4-1)32-19-21-35(22-20-32)45-29-41(46-27-36-16-7-8-17-37(36)30-49-46)39-25-24-38-40(43-26-23-34-15-9-10-18-42(34)50-43)28-44(33-13-5-2-6-14-33)51-47(38)48(39)52-45/h1-29,49H,30H2. The average Bonchev–Trinajstić information content (AvgIpc) is 3.23. The molecule has 0 aliphatic carbocycles. The Morgan fingerprint density at radius 2 is 1.00 bits per heavy atom. The molecule has 4 nitrogen and oxygen atoms in total. The molecule has 10 rings (SSSR count). The van der Waals surface area contributed by atoms with Crippen molar-refractivity contribution in [2.45, 2.75) is 6.54 Å². The number of fused-ring (bicyclic) bond motifs is 5. The number of para-hydroxylation sites is 1. The highest BCUT2D eigenvalue weighted by Crippen LogP contribution is 2.39. The van der Waals surface area contributed by atoms with Crippen LogP contribution in [0.5, 0.6) is 0 Å². The highest BCUT2D eigenvalue weighted by atomic mass is 14.9. The number of benzene rings is 6. The van der Waals surface area contributed by atoms with E-state index in [0.29, 0.717) is 0 Å². The van der Waals surface area contributed by atoms with Gasteiger partial charge >= 0.3 is 0 Å². The van der Waals surface area contributed by atoms with Gasteiger partial charge in [0, 0.05) is 50.7 Å². The second kappa shape index (κ2) is 12.4.